The molecule has 0 aliphatic heterocycles. The summed E-state index contributed by atoms with van der Waals surface area (Å²) in [6, 6.07) is 5.64. The van der Waals surface area contributed by atoms with Crippen molar-refractivity contribution < 1.29 is 14.1 Å². The minimum absolute atomic E-state index is 0.0834. The molecule has 0 aliphatic rings. The van der Waals surface area contributed by atoms with E-state index in [1.807, 2.05) is 35.0 Å². The molecule has 2 heterocycles. The van der Waals surface area contributed by atoms with Crippen LogP contribution in [0.4, 0.5) is 0 Å². The summed E-state index contributed by atoms with van der Waals surface area (Å²) < 4.78 is 13.8. The molecule has 96 valence electrons. The number of carboxylic acid groups (broad SMARTS) is 1. The third kappa shape index (κ3) is 2.95. The van der Waals surface area contributed by atoms with Crippen LogP contribution in [-0.2, 0) is 21.3 Å². The first kappa shape index (κ1) is 12.8. The van der Waals surface area contributed by atoms with E-state index in [4.69, 9.17) is 5.11 Å². The predicted molar refractivity (Wildman–Crippen MR) is 68.8 cm³/mol. The molecule has 2 aromatic rings. The maximum Gasteiger partial charge on any atom is 0.304 e. The van der Waals surface area contributed by atoms with E-state index in [9.17, 15) is 9.00 Å². The fourth-order valence-corrected chi connectivity index (χ4v) is 2.73. The van der Waals surface area contributed by atoms with E-state index in [1.54, 1.807) is 6.92 Å². The molecule has 0 bridgehead atoms. The van der Waals surface area contributed by atoms with Gasteiger partial charge in [0, 0.05) is 28.4 Å². The van der Waals surface area contributed by atoms with Crippen LogP contribution in [-0.4, -0.2) is 29.9 Å². The SMILES string of the molecule is CC(CC(=O)O)S(=O)Cc1cn2ccccc2n1. The molecule has 2 rings (SSSR count). The lowest BCUT2D eigenvalue weighted by Gasteiger charge is -2.06. The smallest absolute Gasteiger partial charge is 0.304 e. The Morgan fingerprint density at radius 3 is 3.00 bits per heavy atom. The van der Waals surface area contributed by atoms with E-state index in [0.29, 0.717) is 0 Å². The molecule has 0 amide bonds. The summed E-state index contributed by atoms with van der Waals surface area (Å²) in [5.41, 5.74) is 1.52. The van der Waals surface area contributed by atoms with Gasteiger partial charge in [-0.25, -0.2) is 4.98 Å². The zero-order valence-electron chi connectivity index (χ0n) is 9.94. The summed E-state index contributed by atoms with van der Waals surface area (Å²) in [6.45, 7) is 1.68. The lowest BCUT2D eigenvalue weighted by atomic mass is 10.3. The van der Waals surface area contributed by atoms with E-state index in [-0.39, 0.29) is 17.4 Å². The fraction of sp³-hybridized carbons (Fsp3) is 0.333. The molecule has 2 aromatic heterocycles. The highest BCUT2D eigenvalue weighted by atomic mass is 32.2. The molecule has 6 heteroatoms. The van der Waals surface area contributed by atoms with Gasteiger partial charge < -0.3 is 9.51 Å². The van der Waals surface area contributed by atoms with Crippen molar-refractivity contribution in [1.82, 2.24) is 9.38 Å². The second-order valence-electron chi connectivity index (χ2n) is 4.13. The number of hydrogen-bond acceptors (Lipinski definition) is 3. The molecule has 5 nitrogen and oxygen atoms in total. The number of carbonyl (C=O) groups is 1. The molecule has 0 saturated heterocycles. The van der Waals surface area contributed by atoms with Crippen LogP contribution in [0, 0.1) is 0 Å². The van der Waals surface area contributed by atoms with E-state index in [1.165, 1.54) is 0 Å². The van der Waals surface area contributed by atoms with Gasteiger partial charge in [0.05, 0.1) is 17.9 Å². The van der Waals surface area contributed by atoms with Crippen LogP contribution in [0.2, 0.25) is 0 Å². The van der Waals surface area contributed by atoms with Crippen molar-refractivity contribution in [2.24, 2.45) is 0 Å². The Morgan fingerprint density at radius 1 is 1.56 bits per heavy atom. The molecule has 2 atom stereocenters. The predicted octanol–water partition coefficient (Wildman–Crippen LogP) is 1.45. The number of pyridine rings is 1. The lowest BCUT2D eigenvalue weighted by molar-refractivity contribution is -0.136. The van der Waals surface area contributed by atoms with Gasteiger partial charge in [-0.2, -0.15) is 0 Å². The van der Waals surface area contributed by atoms with E-state index in [0.717, 1.165) is 11.3 Å². The zero-order chi connectivity index (χ0) is 13.1. The first-order valence-electron chi connectivity index (χ1n) is 5.58. The third-order valence-corrected chi connectivity index (χ3v) is 4.26. The Hall–Kier alpha value is -1.69. The fourth-order valence-electron chi connectivity index (χ4n) is 1.68. The summed E-state index contributed by atoms with van der Waals surface area (Å²) in [4.78, 5) is 14.9. The van der Waals surface area contributed by atoms with Crippen molar-refractivity contribution in [3.8, 4) is 0 Å². The van der Waals surface area contributed by atoms with Gasteiger partial charge >= 0.3 is 5.97 Å². The number of fused-ring (bicyclic) bond motifs is 1. The monoisotopic (exact) mass is 266 g/mol. The molecule has 0 aliphatic carbocycles. The van der Waals surface area contributed by atoms with Gasteiger partial charge in [-0.3, -0.25) is 9.00 Å². The van der Waals surface area contributed by atoms with Crippen LogP contribution < -0.4 is 0 Å². The number of carboxylic acids is 1. The standard InChI is InChI=1S/C12H14N2O3S/c1-9(6-12(15)16)18(17)8-10-7-14-5-3-2-4-11(14)13-10/h2-5,7,9H,6,8H2,1H3,(H,15,16). The van der Waals surface area contributed by atoms with E-state index >= 15 is 0 Å². The first-order chi connectivity index (χ1) is 8.56. The highest BCUT2D eigenvalue weighted by molar-refractivity contribution is 7.84. The summed E-state index contributed by atoms with van der Waals surface area (Å²) in [6.07, 6.45) is 3.61. The van der Waals surface area contributed by atoms with Crippen LogP contribution in [0.3, 0.4) is 0 Å². The molecular formula is C12H14N2O3S. The van der Waals surface area contributed by atoms with Crippen LogP contribution >= 0.6 is 0 Å². The summed E-state index contributed by atoms with van der Waals surface area (Å²) >= 11 is 0. The largest absolute Gasteiger partial charge is 0.481 e. The third-order valence-electron chi connectivity index (χ3n) is 2.61. The molecule has 0 radical (unpaired) electrons. The average molecular weight is 266 g/mol. The van der Waals surface area contributed by atoms with Crippen LogP contribution in [0.5, 0.6) is 0 Å². The molecule has 1 N–H and O–H groups in total. The van der Waals surface area contributed by atoms with Gasteiger partial charge in [0.25, 0.3) is 0 Å². The Kier molecular flexibility index (Phi) is 3.76. The average Bonchev–Trinajstić information content (AvgIpc) is 2.69. The second kappa shape index (κ2) is 5.30. The Labute approximate surface area is 107 Å². The van der Waals surface area contributed by atoms with E-state index < -0.39 is 16.8 Å². The minimum Gasteiger partial charge on any atom is -0.481 e. The lowest BCUT2D eigenvalue weighted by Crippen LogP contribution is -2.17. The first-order valence-corrected chi connectivity index (χ1v) is 6.96. The highest BCUT2D eigenvalue weighted by Crippen LogP contribution is 2.11. The van der Waals surface area contributed by atoms with Crippen molar-refractivity contribution in [2.45, 2.75) is 24.3 Å². The van der Waals surface area contributed by atoms with Gasteiger partial charge in [0.15, 0.2) is 0 Å². The van der Waals surface area contributed by atoms with Crippen molar-refractivity contribution in [2.75, 3.05) is 0 Å². The quantitative estimate of drug-likeness (QED) is 0.889. The Morgan fingerprint density at radius 2 is 2.33 bits per heavy atom. The Bertz CT molecular complexity index is 561. The van der Waals surface area contributed by atoms with Crippen LogP contribution in [0.25, 0.3) is 5.65 Å². The van der Waals surface area contributed by atoms with Gasteiger partial charge in [-0.1, -0.05) is 13.0 Å². The maximum atomic E-state index is 11.9. The van der Waals surface area contributed by atoms with Gasteiger partial charge in [-0.15, -0.1) is 0 Å². The van der Waals surface area contributed by atoms with Crippen molar-refractivity contribution in [3.05, 3.63) is 36.3 Å². The van der Waals surface area contributed by atoms with Crippen molar-refractivity contribution >= 4 is 22.4 Å². The van der Waals surface area contributed by atoms with Gasteiger partial charge in [0.1, 0.15) is 5.65 Å². The van der Waals surface area contributed by atoms with E-state index in [2.05, 4.69) is 4.98 Å². The number of hydrogen-bond donors (Lipinski definition) is 1. The highest BCUT2D eigenvalue weighted by Gasteiger charge is 2.16. The molecule has 18 heavy (non-hydrogen) atoms. The minimum atomic E-state index is -1.22. The van der Waals surface area contributed by atoms with Crippen LogP contribution in [0.15, 0.2) is 30.6 Å². The van der Waals surface area contributed by atoms with Gasteiger partial charge in [-0.05, 0) is 12.1 Å². The van der Waals surface area contributed by atoms with Gasteiger partial charge in [0.2, 0.25) is 0 Å². The maximum absolute atomic E-state index is 11.9. The molecule has 0 aromatic carbocycles. The number of aliphatic carboxylic acids is 1. The molecule has 0 spiro atoms. The topological polar surface area (TPSA) is 71.7 Å². The summed E-state index contributed by atoms with van der Waals surface area (Å²) in [5.74, 6) is -0.637. The normalized spacial score (nSPS) is 14.5. The van der Waals surface area contributed by atoms with Crippen LogP contribution in [0.1, 0.15) is 19.0 Å². The number of nitrogens with zero attached hydrogens (tertiary/aromatic N) is 2. The number of aromatic nitrogens is 2. The summed E-state index contributed by atoms with van der Waals surface area (Å²) in [7, 11) is -1.22. The summed E-state index contributed by atoms with van der Waals surface area (Å²) in [5, 5.41) is 8.29. The molecular weight excluding hydrogens is 252 g/mol. The molecule has 2 unspecified atom stereocenters. The molecule has 0 saturated carbocycles. The number of rotatable bonds is 5. The zero-order valence-corrected chi connectivity index (χ0v) is 10.8. The Balaban J connectivity index is 2.09. The molecule has 0 fully saturated rings. The number of imidazole rings is 1. The van der Waals surface area contributed by atoms with Crippen molar-refractivity contribution in [3.63, 3.8) is 0 Å². The second-order valence-corrected chi connectivity index (χ2v) is 5.99. The van der Waals surface area contributed by atoms with Crippen molar-refractivity contribution in [1.29, 1.82) is 0 Å².